The fourth-order valence-corrected chi connectivity index (χ4v) is 3.04. The van der Waals surface area contributed by atoms with Crippen molar-refractivity contribution in [2.45, 2.75) is 6.18 Å². The van der Waals surface area contributed by atoms with E-state index < -0.39 is 45.7 Å². The zero-order valence-corrected chi connectivity index (χ0v) is 14.2. The van der Waals surface area contributed by atoms with E-state index >= 15 is 0 Å². The van der Waals surface area contributed by atoms with Crippen molar-refractivity contribution < 1.29 is 30.8 Å². The molecule has 0 unspecified atom stereocenters. The second-order valence-corrected chi connectivity index (χ2v) is 7.25. The summed E-state index contributed by atoms with van der Waals surface area (Å²) in [6.45, 7) is -0.872. The SMILES string of the molecule is CS(=O)(=O)N(CC(=O)Nc1ccc(F)cc1)c1ccccc1C(F)(F)F. The number of carbonyl (C=O) groups excluding carboxylic acids is 1. The van der Waals surface area contributed by atoms with E-state index in [1.807, 2.05) is 0 Å². The van der Waals surface area contributed by atoms with Crippen molar-refractivity contribution in [3.63, 3.8) is 0 Å². The zero-order valence-electron chi connectivity index (χ0n) is 13.4. The molecule has 0 aromatic heterocycles. The number of benzene rings is 2. The van der Waals surface area contributed by atoms with Gasteiger partial charge in [-0.05, 0) is 36.4 Å². The minimum atomic E-state index is -4.80. The lowest BCUT2D eigenvalue weighted by molar-refractivity contribution is -0.137. The van der Waals surface area contributed by atoms with E-state index in [4.69, 9.17) is 0 Å². The standard InChI is InChI=1S/C16H14F4N2O3S/c1-26(24,25)22(14-5-3-2-4-13(14)16(18,19)20)10-15(23)21-12-8-6-11(17)7-9-12/h2-9H,10H2,1H3,(H,21,23). The van der Waals surface area contributed by atoms with Crippen LogP contribution in [-0.4, -0.2) is 27.1 Å². The van der Waals surface area contributed by atoms with Gasteiger partial charge in [-0.2, -0.15) is 13.2 Å². The van der Waals surface area contributed by atoms with Crippen LogP contribution in [0.2, 0.25) is 0 Å². The van der Waals surface area contributed by atoms with Crippen LogP contribution < -0.4 is 9.62 Å². The number of nitrogens with one attached hydrogen (secondary N) is 1. The van der Waals surface area contributed by atoms with Gasteiger partial charge in [-0.25, -0.2) is 12.8 Å². The molecule has 0 radical (unpaired) electrons. The Labute approximate surface area is 147 Å². The average molecular weight is 390 g/mol. The number of rotatable bonds is 5. The number of anilines is 2. The normalized spacial score (nSPS) is 11.9. The van der Waals surface area contributed by atoms with Gasteiger partial charge >= 0.3 is 6.18 Å². The highest BCUT2D eigenvalue weighted by molar-refractivity contribution is 7.92. The summed E-state index contributed by atoms with van der Waals surface area (Å²) in [4.78, 5) is 12.1. The predicted octanol–water partition coefficient (Wildman–Crippen LogP) is 3.25. The molecule has 0 aliphatic heterocycles. The van der Waals surface area contributed by atoms with Crippen LogP contribution in [0.4, 0.5) is 28.9 Å². The van der Waals surface area contributed by atoms with Gasteiger partial charge in [0.25, 0.3) is 0 Å². The summed E-state index contributed by atoms with van der Waals surface area (Å²) < 4.78 is 76.7. The molecule has 0 heterocycles. The molecular weight excluding hydrogens is 376 g/mol. The minimum Gasteiger partial charge on any atom is -0.325 e. The van der Waals surface area contributed by atoms with Crippen molar-refractivity contribution in [1.82, 2.24) is 0 Å². The number of halogens is 4. The number of carbonyl (C=O) groups is 1. The van der Waals surface area contributed by atoms with Gasteiger partial charge in [0.05, 0.1) is 17.5 Å². The van der Waals surface area contributed by atoms with Crippen molar-refractivity contribution in [3.8, 4) is 0 Å². The number of hydrogen-bond donors (Lipinski definition) is 1. The number of nitrogens with zero attached hydrogens (tertiary/aromatic N) is 1. The molecular formula is C16H14F4N2O3S. The Hall–Kier alpha value is -2.62. The molecule has 0 atom stereocenters. The number of sulfonamides is 1. The Bertz CT molecular complexity index is 896. The number of para-hydroxylation sites is 1. The van der Waals surface area contributed by atoms with Gasteiger partial charge in [-0.3, -0.25) is 9.10 Å². The van der Waals surface area contributed by atoms with Crippen molar-refractivity contribution in [2.24, 2.45) is 0 Å². The summed E-state index contributed by atoms with van der Waals surface area (Å²) in [5.41, 5.74) is -1.66. The molecule has 0 fully saturated rings. The molecule has 0 aliphatic rings. The average Bonchev–Trinajstić information content (AvgIpc) is 2.53. The molecule has 2 aromatic carbocycles. The van der Waals surface area contributed by atoms with Gasteiger partial charge in [0.1, 0.15) is 12.4 Å². The van der Waals surface area contributed by atoms with Gasteiger partial charge in [0.2, 0.25) is 15.9 Å². The summed E-state index contributed by atoms with van der Waals surface area (Å²) in [5.74, 6) is -1.42. The van der Waals surface area contributed by atoms with E-state index in [-0.39, 0.29) is 5.69 Å². The topological polar surface area (TPSA) is 66.5 Å². The first kappa shape index (κ1) is 19.7. The summed E-state index contributed by atoms with van der Waals surface area (Å²) in [5, 5.41) is 2.31. The van der Waals surface area contributed by atoms with Crippen LogP contribution in [0.3, 0.4) is 0 Å². The fourth-order valence-electron chi connectivity index (χ4n) is 2.18. The molecule has 0 saturated heterocycles. The second kappa shape index (κ2) is 7.32. The predicted molar refractivity (Wildman–Crippen MR) is 88.7 cm³/mol. The van der Waals surface area contributed by atoms with Gasteiger partial charge < -0.3 is 5.32 Å². The molecule has 0 spiro atoms. The molecule has 1 amide bonds. The molecule has 140 valence electrons. The summed E-state index contributed by atoms with van der Waals surface area (Å²) >= 11 is 0. The maximum Gasteiger partial charge on any atom is 0.418 e. The lowest BCUT2D eigenvalue weighted by Crippen LogP contribution is -2.38. The molecule has 0 saturated carbocycles. The third-order valence-electron chi connectivity index (χ3n) is 3.29. The van der Waals surface area contributed by atoms with Crippen LogP contribution in [0.15, 0.2) is 48.5 Å². The van der Waals surface area contributed by atoms with Gasteiger partial charge in [0.15, 0.2) is 0 Å². The molecule has 0 aliphatic carbocycles. The number of amides is 1. The first-order valence-electron chi connectivity index (χ1n) is 7.18. The largest absolute Gasteiger partial charge is 0.418 e. The first-order valence-corrected chi connectivity index (χ1v) is 9.02. The lowest BCUT2D eigenvalue weighted by Gasteiger charge is -2.25. The Morgan fingerprint density at radius 3 is 2.19 bits per heavy atom. The molecule has 10 heteroatoms. The summed E-state index contributed by atoms with van der Waals surface area (Å²) in [6.07, 6.45) is -4.10. The third-order valence-corrected chi connectivity index (χ3v) is 4.42. The summed E-state index contributed by atoms with van der Waals surface area (Å²) in [6, 6.07) is 8.67. The third kappa shape index (κ3) is 4.94. The second-order valence-electron chi connectivity index (χ2n) is 5.34. The molecule has 26 heavy (non-hydrogen) atoms. The first-order chi connectivity index (χ1) is 12.0. The van der Waals surface area contributed by atoms with E-state index in [0.717, 1.165) is 30.3 Å². The quantitative estimate of drug-likeness (QED) is 0.797. The highest BCUT2D eigenvalue weighted by Gasteiger charge is 2.36. The van der Waals surface area contributed by atoms with Crippen LogP contribution in [0.25, 0.3) is 0 Å². The Kier molecular flexibility index (Phi) is 5.55. The highest BCUT2D eigenvalue weighted by Crippen LogP contribution is 2.37. The molecule has 1 N–H and O–H groups in total. The van der Waals surface area contributed by atoms with Gasteiger partial charge in [-0.15, -0.1) is 0 Å². The van der Waals surface area contributed by atoms with Gasteiger partial charge in [-0.1, -0.05) is 12.1 Å². The van der Waals surface area contributed by atoms with Crippen LogP contribution >= 0.6 is 0 Å². The summed E-state index contributed by atoms with van der Waals surface area (Å²) in [7, 11) is -4.18. The van der Waals surface area contributed by atoms with Crippen LogP contribution in [-0.2, 0) is 21.0 Å². The number of hydrogen-bond acceptors (Lipinski definition) is 3. The molecule has 2 aromatic rings. The van der Waals surface area contributed by atoms with Crippen LogP contribution in [0.1, 0.15) is 5.56 Å². The van der Waals surface area contributed by atoms with Crippen molar-refractivity contribution in [1.29, 1.82) is 0 Å². The highest BCUT2D eigenvalue weighted by atomic mass is 32.2. The number of alkyl halides is 3. The molecule has 0 bridgehead atoms. The monoisotopic (exact) mass is 390 g/mol. The minimum absolute atomic E-state index is 0.175. The Morgan fingerprint density at radius 1 is 1.08 bits per heavy atom. The molecule has 5 nitrogen and oxygen atoms in total. The zero-order chi connectivity index (χ0) is 19.5. The fraction of sp³-hybridized carbons (Fsp3) is 0.188. The van der Waals surface area contributed by atoms with E-state index in [9.17, 15) is 30.8 Å². The van der Waals surface area contributed by atoms with E-state index in [1.165, 1.54) is 18.2 Å². The van der Waals surface area contributed by atoms with E-state index in [1.54, 1.807) is 0 Å². The van der Waals surface area contributed by atoms with Crippen molar-refractivity contribution in [2.75, 3.05) is 22.4 Å². The van der Waals surface area contributed by atoms with Gasteiger partial charge in [0, 0.05) is 5.69 Å². The smallest absolute Gasteiger partial charge is 0.325 e. The van der Waals surface area contributed by atoms with E-state index in [0.29, 0.717) is 10.6 Å². The lowest BCUT2D eigenvalue weighted by atomic mass is 10.1. The molecule has 2 rings (SSSR count). The van der Waals surface area contributed by atoms with Crippen LogP contribution in [0.5, 0.6) is 0 Å². The Morgan fingerprint density at radius 2 is 1.65 bits per heavy atom. The van der Waals surface area contributed by atoms with Crippen molar-refractivity contribution >= 4 is 27.3 Å². The van der Waals surface area contributed by atoms with Crippen molar-refractivity contribution in [3.05, 3.63) is 59.9 Å². The maximum absolute atomic E-state index is 13.2. The van der Waals surface area contributed by atoms with E-state index in [2.05, 4.69) is 5.32 Å². The Balaban J connectivity index is 2.33. The maximum atomic E-state index is 13.2. The van der Waals surface area contributed by atoms with Crippen LogP contribution in [0, 0.1) is 5.82 Å².